The molecule has 0 fully saturated rings. The zero-order chi connectivity index (χ0) is 18.3. The number of nitrogens with two attached hydrogens (primary N) is 1. The molecule has 0 spiro atoms. The van der Waals surface area contributed by atoms with Gasteiger partial charge in [0.2, 0.25) is 0 Å². The molecule has 7 N–H and O–H groups in total. The van der Waals surface area contributed by atoms with Crippen molar-refractivity contribution < 1.29 is 99.1 Å². The van der Waals surface area contributed by atoms with Crippen LogP contribution in [-0.2, 0) is 18.2 Å². The first-order valence-corrected chi connectivity index (χ1v) is 8.49. The van der Waals surface area contributed by atoms with E-state index in [2.05, 4.69) is 9.63 Å². The summed E-state index contributed by atoms with van der Waals surface area (Å²) in [4.78, 5) is 54.0. The van der Waals surface area contributed by atoms with Crippen molar-refractivity contribution in [2.24, 2.45) is 0 Å². The van der Waals surface area contributed by atoms with E-state index in [0.717, 1.165) is 0 Å². The normalized spacial score (nSPS) is 12.7. The van der Waals surface area contributed by atoms with E-state index < -0.39 is 27.5 Å². The van der Waals surface area contributed by atoms with Gasteiger partial charge in [0, 0.05) is 11.3 Å². The zero-order valence-corrected chi connectivity index (χ0v) is 17.1. The standard InChI is InChI=1S/C9H10N2O3.K.H4O7P2/c10-7-3-1-6(2-4-7)9(14)11-5-8(12)13;;1-8(2,3)7-9(4,5)6/h1-4H,5,10H2,(H,11,14)(H,12,13);;(H2,1,2,3)(H2,4,5,6)/q;+1;/p-1. The number of rotatable bonds is 5. The van der Waals surface area contributed by atoms with Gasteiger partial charge in [-0.1, -0.05) is 0 Å². The fourth-order valence-electron chi connectivity index (χ4n) is 1.03. The van der Waals surface area contributed by atoms with Crippen LogP contribution in [-0.4, -0.2) is 38.2 Å². The maximum absolute atomic E-state index is 11.2. The minimum Gasteiger partial charge on any atom is -0.756 e. The summed E-state index contributed by atoms with van der Waals surface area (Å²) in [5, 5.41) is 10.6. The molecule has 1 aromatic rings. The summed E-state index contributed by atoms with van der Waals surface area (Å²) in [6.07, 6.45) is 0. The van der Waals surface area contributed by atoms with Gasteiger partial charge < -0.3 is 35.7 Å². The van der Waals surface area contributed by atoms with Crippen LogP contribution in [0.1, 0.15) is 10.4 Å². The predicted octanol–water partition coefficient (Wildman–Crippen LogP) is -4.36. The molecule has 130 valence electrons. The Hall–Kier alpha value is -0.144. The quantitative estimate of drug-likeness (QED) is 0.155. The van der Waals surface area contributed by atoms with Crippen LogP contribution in [0.15, 0.2) is 24.3 Å². The number of anilines is 1. The van der Waals surface area contributed by atoms with Gasteiger partial charge in [-0.2, -0.15) is 0 Å². The number of aliphatic carboxylic acids is 1. The van der Waals surface area contributed by atoms with E-state index in [4.69, 9.17) is 25.5 Å². The van der Waals surface area contributed by atoms with Crippen molar-refractivity contribution >= 4 is 33.2 Å². The minimum atomic E-state index is -5.30. The van der Waals surface area contributed by atoms with Crippen LogP contribution >= 0.6 is 15.6 Å². The number of nitrogen functional groups attached to an aromatic ring is 1. The van der Waals surface area contributed by atoms with Gasteiger partial charge in [-0.3, -0.25) is 14.2 Å². The van der Waals surface area contributed by atoms with Crippen LogP contribution < -0.4 is 67.3 Å². The molecule has 1 amide bonds. The molecule has 0 saturated carbocycles. The summed E-state index contributed by atoms with van der Waals surface area (Å²) in [6.45, 7) is -0.386. The van der Waals surface area contributed by atoms with Gasteiger partial charge in [-0.05, 0) is 24.3 Å². The van der Waals surface area contributed by atoms with Gasteiger partial charge >= 0.3 is 65.2 Å². The first kappa shape index (κ1) is 26.1. The van der Waals surface area contributed by atoms with E-state index >= 15 is 0 Å². The molecule has 0 bridgehead atoms. The van der Waals surface area contributed by atoms with Crippen molar-refractivity contribution in [3.63, 3.8) is 0 Å². The topological polar surface area (TPSA) is 220 Å². The number of carbonyl (C=O) groups is 2. The fraction of sp³-hybridized carbons (Fsp3) is 0.111. The van der Waals surface area contributed by atoms with Crippen molar-refractivity contribution in [2.75, 3.05) is 12.3 Å². The summed E-state index contributed by atoms with van der Waals surface area (Å²) in [6, 6.07) is 6.23. The summed E-state index contributed by atoms with van der Waals surface area (Å²) in [5.74, 6) is -1.50. The zero-order valence-electron chi connectivity index (χ0n) is 12.2. The largest absolute Gasteiger partial charge is 1.00 e. The van der Waals surface area contributed by atoms with Crippen molar-refractivity contribution in [1.29, 1.82) is 0 Å². The number of carboxylic acid groups (broad SMARTS) is 1. The minimum absolute atomic E-state index is 0. The SMILES string of the molecule is Nc1ccc(C(=O)NCC(=O)O)cc1.O=P([O-])(O)OP(=O)(O)O.[K+]. The third-order valence-corrected chi connectivity index (χ3v) is 3.46. The smallest absolute Gasteiger partial charge is 0.756 e. The Balaban J connectivity index is 0. The molecule has 15 heteroatoms. The van der Waals surface area contributed by atoms with Gasteiger partial charge in [0.1, 0.15) is 6.54 Å². The average molecular weight is 410 g/mol. The van der Waals surface area contributed by atoms with E-state index in [1.165, 1.54) is 12.1 Å². The van der Waals surface area contributed by atoms with E-state index in [1.807, 2.05) is 0 Å². The Labute approximate surface area is 178 Å². The summed E-state index contributed by atoms with van der Waals surface area (Å²) >= 11 is 0. The summed E-state index contributed by atoms with van der Waals surface area (Å²) in [5.41, 5.74) is 6.37. The molecular formula is C9H13KN2O10P2. The molecule has 0 aromatic heterocycles. The van der Waals surface area contributed by atoms with Crippen molar-refractivity contribution in [1.82, 2.24) is 5.32 Å². The molecule has 1 atom stereocenters. The number of phosphoric acid groups is 2. The Kier molecular flexibility index (Phi) is 12.5. The second-order valence-electron chi connectivity index (χ2n) is 3.74. The Morgan fingerprint density at radius 1 is 1.17 bits per heavy atom. The maximum atomic E-state index is 11.2. The molecular weight excluding hydrogens is 397 g/mol. The van der Waals surface area contributed by atoms with Gasteiger partial charge in [-0.15, -0.1) is 0 Å². The van der Waals surface area contributed by atoms with E-state index in [1.54, 1.807) is 12.1 Å². The summed E-state index contributed by atoms with van der Waals surface area (Å²) in [7, 11) is -10.4. The number of benzene rings is 1. The van der Waals surface area contributed by atoms with E-state index in [0.29, 0.717) is 11.3 Å². The molecule has 0 aliphatic heterocycles. The first-order valence-electron chi connectivity index (χ1n) is 5.46. The van der Waals surface area contributed by atoms with Crippen LogP contribution in [0.25, 0.3) is 0 Å². The van der Waals surface area contributed by atoms with Crippen LogP contribution in [0.3, 0.4) is 0 Å². The predicted molar refractivity (Wildman–Crippen MR) is 73.8 cm³/mol. The van der Waals surface area contributed by atoms with Crippen LogP contribution in [0.2, 0.25) is 0 Å². The molecule has 1 unspecified atom stereocenters. The molecule has 0 heterocycles. The van der Waals surface area contributed by atoms with Crippen molar-refractivity contribution in [3.05, 3.63) is 29.8 Å². The van der Waals surface area contributed by atoms with Gasteiger partial charge in [0.05, 0.1) is 0 Å². The molecule has 0 aliphatic rings. The van der Waals surface area contributed by atoms with Crippen LogP contribution in [0.4, 0.5) is 5.69 Å². The van der Waals surface area contributed by atoms with Crippen molar-refractivity contribution in [3.8, 4) is 0 Å². The molecule has 1 rings (SSSR count). The molecule has 0 saturated heterocycles. The monoisotopic (exact) mass is 410 g/mol. The molecule has 12 nitrogen and oxygen atoms in total. The second-order valence-corrected chi connectivity index (χ2v) is 6.31. The Bertz CT molecular complexity index is 620. The molecule has 0 aliphatic carbocycles. The van der Waals surface area contributed by atoms with Crippen LogP contribution in [0.5, 0.6) is 0 Å². The van der Waals surface area contributed by atoms with E-state index in [9.17, 15) is 23.6 Å². The fourth-order valence-corrected chi connectivity index (χ4v) is 2.10. The number of hydrogen-bond donors (Lipinski definition) is 6. The van der Waals surface area contributed by atoms with E-state index in [-0.39, 0.29) is 57.9 Å². The second kappa shape index (κ2) is 11.5. The third kappa shape index (κ3) is 15.4. The molecule has 1 aromatic carbocycles. The average Bonchev–Trinajstić information content (AvgIpc) is 2.33. The number of nitrogens with one attached hydrogen (secondary N) is 1. The number of carboxylic acids is 1. The summed E-state index contributed by atoms with van der Waals surface area (Å²) < 4.78 is 21.9. The van der Waals surface area contributed by atoms with Gasteiger partial charge in [0.15, 0.2) is 0 Å². The van der Waals surface area contributed by atoms with Gasteiger partial charge in [-0.25, -0.2) is 8.88 Å². The Morgan fingerprint density at radius 3 is 1.92 bits per heavy atom. The van der Waals surface area contributed by atoms with Crippen molar-refractivity contribution in [2.45, 2.75) is 0 Å². The maximum Gasteiger partial charge on any atom is 1.00 e. The first-order chi connectivity index (χ1) is 10.3. The molecule has 0 radical (unpaired) electrons. The number of carbonyl (C=O) groups excluding carboxylic acids is 1. The van der Waals surface area contributed by atoms with Gasteiger partial charge in [0.25, 0.3) is 13.7 Å². The van der Waals surface area contributed by atoms with Crippen LogP contribution in [0, 0.1) is 0 Å². The number of amides is 1. The number of hydrogen-bond acceptors (Lipinski definition) is 7. The Morgan fingerprint density at radius 2 is 1.62 bits per heavy atom. The molecule has 24 heavy (non-hydrogen) atoms. The third-order valence-electron chi connectivity index (χ3n) is 1.78.